The van der Waals surface area contributed by atoms with E-state index in [2.05, 4.69) is 14.9 Å². The van der Waals surface area contributed by atoms with Crippen molar-refractivity contribution in [2.24, 2.45) is 0 Å². The Morgan fingerprint density at radius 2 is 1.72 bits per heavy atom. The molecule has 3 heterocycles. The topological polar surface area (TPSA) is 81.6 Å². The second kappa shape index (κ2) is 8.00. The number of pyridine rings is 1. The van der Waals surface area contributed by atoms with Crippen LogP contribution < -0.4 is 14.4 Å². The van der Waals surface area contributed by atoms with E-state index in [1.807, 2.05) is 30.5 Å². The third-order valence-electron chi connectivity index (χ3n) is 4.85. The van der Waals surface area contributed by atoms with Crippen LogP contribution in [0.15, 0.2) is 42.7 Å². The highest BCUT2D eigenvalue weighted by Crippen LogP contribution is 2.37. The van der Waals surface area contributed by atoms with Crippen molar-refractivity contribution >= 4 is 26.9 Å². The van der Waals surface area contributed by atoms with Crippen molar-refractivity contribution < 1.29 is 17.9 Å². The Labute approximate surface area is 173 Å². The molecule has 0 radical (unpaired) electrons. The number of anilines is 1. The number of methoxy groups -OCH3 is 2. The third kappa shape index (κ3) is 4.20. The van der Waals surface area contributed by atoms with E-state index in [4.69, 9.17) is 9.47 Å². The molecule has 29 heavy (non-hydrogen) atoms. The lowest BCUT2D eigenvalue weighted by atomic mass is 10.2. The van der Waals surface area contributed by atoms with Gasteiger partial charge in [0.1, 0.15) is 16.5 Å². The summed E-state index contributed by atoms with van der Waals surface area (Å²) in [6.45, 7) is 1.07. The standard InChI is InChI=1S/C20H21N3O4S2/c1-26-16-11-17(27-2)19(21-12-16)20-22-13-18(28-20)14-3-5-15(6-4-14)23-7-9-29(24,25)10-8-23/h3-6,11-13H,7-10H2,1-2H3. The van der Waals surface area contributed by atoms with Gasteiger partial charge in [0.2, 0.25) is 0 Å². The lowest BCUT2D eigenvalue weighted by molar-refractivity contribution is 0.392. The first-order chi connectivity index (χ1) is 14.0. The van der Waals surface area contributed by atoms with Crippen LogP contribution in [0.3, 0.4) is 0 Å². The molecule has 0 saturated carbocycles. The predicted octanol–water partition coefficient (Wildman–Crippen LogP) is 3.12. The zero-order valence-electron chi connectivity index (χ0n) is 16.2. The van der Waals surface area contributed by atoms with Crippen molar-refractivity contribution in [3.05, 3.63) is 42.7 Å². The quantitative estimate of drug-likeness (QED) is 0.614. The molecule has 0 atom stereocenters. The van der Waals surface area contributed by atoms with Gasteiger partial charge in [-0.25, -0.2) is 18.4 Å². The van der Waals surface area contributed by atoms with E-state index < -0.39 is 9.84 Å². The van der Waals surface area contributed by atoms with Crippen LogP contribution in [0.25, 0.3) is 21.1 Å². The third-order valence-corrected chi connectivity index (χ3v) is 7.52. The normalized spacial score (nSPS) is 15.9. The number of benzene rings is 1. The van der Waals surface area contributed by atoms with Gasteiger partial charge in [-0.05, 0) is 17.7 Å². The molecular formula is C20H21N3O4S2. The van der Waals surface area contributed by atoms with E-state index >= 15 is 0 Å². The first kappa shape index (κ1) is 19.7. The van der Waals surface area contributed by atoms with Gasteiger partial charge in [-0.2, -0.15) is 0 Å². The number of sulfone groups is 1. The second-order valence-electron chi connectivity index (χ2n) is 6.64. The van der Waals surface area contributed by atoms with Gasteiger partial charge in [0.25, 0.3) is 0 Å². The summed E-state index contributed by atoms with van der Waals surface area (Å²) in [5, 5.41) is 0.768. The molecule has 3 aromatic rings. The van der Waals surface area contributed by atoms with Gasteiger partial charge in [0.05, 0.1) is 36.8 Å². The molecular weight excluding hydrogens is 410 g/mol. The van der Waals surface area contributed by atoms with Crippen LogP contribution in [-0.4, -0.2) is 57.2 Å². The van der Waals surface area contributed by atoms with Crippen LogP contribution in [-0.2, 0) is 9.84 Å². The minimum absolute atomic E-state index is 0.212. The monoisotopic (exact) mass is 431 g/mol. The Kier molecular flexibility index (Phi) is 5.42. The second-order valence-corrected chi connectivity index (χ2v) is 9.98. The highest BCUT2D eigenvalue weighted by atomic mass is 32.2. The first-order valence-electron chi connectivity index (χ1n) is 9.09. The van der Waals surface area contributed by atoms with Gasteiger partial charge >= 0.3 is 0 Å². The summed E-state index contributed by atoms with van der Waals surface area (Å²) >= 11 is 1.54. The molecule has 0 amide bonds. The lowest BCUT2D eigenvalue weighted by Crippen LogP contribution is -2.40. The van der Waals surface area contributed by atoms with Crippen LogP contribution in [0.2, 0.25) is 0 Å². The average Bonchev–Trinajstić information content (AvgIpc) is 3.23. The molecule has 0 aliphatic carbocycles. The minimum Gasteiger partial charge on any atom is -0.495 e. The SMILES string of the molecule is COc1cnc(-c2ncc(-c3ccc(N4CCS(=O)(=O)CC4)cc3)s2)c(OC)c1. The van der Waals surface area contributed by atoms with Gasteiger partial charge in [0.15, 0.2) is 15.6 Å². The van der Waals surface area contributed by atoms with E-state index in [9.17, 15) is 8.42 Å². The zero-order chi connectivity index (χ0) is 20.4. The molecule has 1 saturated heterocycles. The number of aromatic nitrogens is 2. The first-order valence-corrected chi connectivity index (χ1v) is 11.7. The molecule has 0 unspecified atom stereocenters. The molecule has 9 heteroatoms. The molecule has 7 nitrogen and oxygen atoms in total. The maximum atomic E-state index is 11.6. The Bertz CT molecular complexity index is 1100. The van der Waals surface area contributed by atoms with Gasteiger partial charge in [-0.3, -0.25) is 0 Å². The van der Waals surface area contributed by atoms with E-state index in [0.29, 0.717) is 30.3 Å². The Hall–Kier alpha value is -2.65. The fourth-order valence-corrected chi connectivity index (χ4v) is 5.30. The van der Waals surface area contributed by atoms with Gasteiger partial charge in [-0.1, -0.05) is 12.1 Å². The van der Waals surface area contributed by atoms with Gasteiger partial charge < -0.3 is 14.4 Å². The molecule has 1 aliphatic rings. The van der Waals surface area contributed by atoms with Gasteiger partial charge in [0, 0.05) is 31.0 Å². The Morgan fingerprint density at radius 1 is 1.00 bits per heavy atom. The van der Waals surface area contributed by atoms with Crippen molar-refractivity contribution in [1.82, 2.24) is 9.97 Å². The summed E-state index contributed by atoms with van der Waals surface area (Å²) in [7, 11) is 0.303. The number of rotatable bonds is 5. The summed E-state index contributed by atoms with van der Waals surface area (Å²) in [6, 6.07) is 9.91. The smallest absolute Gasteiger partial charge is 0.153 e. The molecule has 1 fully saturated rings. The number of ether oxygens (including phenoxy) is 2. The summed E-state index contributed by atoms with van der Waals surface area (Å²) in [6.07, 6.45) is 3.47. The molecule has 152 valence electrons. The van der Waals surface area contributed by atoms with Crippen molar-refractivity contribution in [2.75, 3.05) is 43.7 Å². The lowest BCUT2D eigenvalue weighted by Gasteiger charge is -2.28. The van der Waals surface area contributed by atoms with Crippen molar-refractivity contribution in [1.29, 1.82) is 0 Å². The molecule has 4 rings (SSSR count). The van der Waals surface area contributed by atoms with Gasteiger partial charge in [-0.15, -0.1) is 11.3 Å². The maximum absolute atomic E-state index is 11.6. The predicted molar refractivity (Wildman–Crippen MR) is 115 cm³/mol. The average molecular weight is 432 g/mol. The van der Waals surface area contributed by atoms with Crippen LogP contribution in [0.4, 0.5) is 5.69 Å². The van der Waals surface area contributed by atoms with E-state index in [1.54, 1.807) is 26.5 Å². The number of hydrogen-bond donors (Lipinski definition) is 0. The Morgan fingerprint density at radius 3 is 2.38 bits per heavy atom. The summed E-state index contributed by atoms with van der Waals surface area (Å²) in [5.74, 6) is 1.66. The number of nitrogens with zero attached hydrogens (tertiary/aromatic N) is 3. The van der Waals surface area contributed by atoms with Crippen LogP contribution in [0.1, 0.15) is 0 Å². The molecule has 1 aliphatic heterocycles. The minimum atomic E-state index is -2.88. The van der Waals surface area contributed by atoms with Crippen molar-refractivity contribution in [3.8, 4) is 32.6 Å². The molecule has 0 spiro atoms. The maximum Gasteiger partial charge on any atom is 0.153 e. The van der Waals surface area contributed by atoms with E-state index in [1.165, 1.54) is 11.3 Å². The fourth-order valence-electron chi connectivity index (χ4n) is 3.18. The zero-order valence-corrected chi connectivity index (χ0v) is 17.8. The van der Waals surface area contributed by atoms with Crippen LogP contribution >= 0.6 is 11.3 Å². The largest absolute Gasteiger partial charge is 0.495 e. The molecule has 0 bridgehead atoms. The summed E-state index contributed by atoms with van der Waals surface area (Å²) in [4.78, 5) is 12.1. The highest BCUT2D eigenvalue weighted by Gasteiger charge is 2.21. The van der Waals surface area contributed by atoms with E-state index in [-0.39, 0.29) is 11.5 Å². The fraction of sp³-hybridized carbons (Fsp3) is 0.300. The molecule has 0 N–H and O–H groups in total. The van der Waals surface area contributed by atoms with E-state index in [0.717, 1.165) is 21.1 Å². The number of thiazole rings is 1. The summed E-state index contributed by atoms with van der Waals surface area (Å²) in [5.41, 5.74) is 2.76. The van der Waals surface area contributed by atoms with Crippen molar-refractivity contribution in [2.45, 2.75) is 0 Å². The summed E-state index contributed by atoms with van der Waals surface area (Å²) < 4.78 is 33.9. The van der Waals surface area contributed by atoms with Crippen LogP contribution in [0.5, 0.6) is 11.5 Å². The van der Waals surface area contributed by atoms with Crippen molar-refractivity contribution in [3.63, 3.8) is 0 Å². The molecule has 2 aromatic heterocycles. The Balaban J connectivity index is 1.54. The molecule has 1 aromatic carbocycles. The highest BCUT2D eigenvalue weighted by molar-refractivity contribution is 7.91. The van der Waals surface area contributed by atoms with Crippen LogP contribution in [0, 0.1) is 0 Å². The number of hydrogen-bond acceptors (Lipinski definition) is 8.